The number of hydrogen-bond donors (Lipinski definition) is 0. The standard InChI is InChI=1S/C28H36N2O5/c1-5-27(3,4)30(26(34)28-14-18-10-19(15-28)12-20(11-18)16-28)23-13-24(32)29(25(23)33)21-6-8-22(9-7-21)35-17(2)31/h6-9,18-20,23H,5,10-16H2,1-4H3. The fraction of sp³-hybridized carbons (Fsp3) is 0.643. The Morgan fingerprint density at radius 2 is 1.57 bits per heavy atom. The van der Waals surface area contributed by atoms with Gasteiger partial charge in [-0.2, -0.15) is 0 Å². The third kappa shape index (κ3) is 4.07. The van der Waals surface area contributed by atoms with E-state index in [4.69, 9.17) is 4.74 Å². The van der Waals surface area contributed by atoms with Crippen LogP contribution in [0.1, 0.15) is 79.1 Å². The van der Waals surface area contributed by atoms with E-state index < -0.39 is 17.6 Å². The number of hydrogen-bond acceptors (Lipinski definition) is 5. The number of carbonyl (C=O) groups is 4. The molecule has 188 valence electrons. The van der Waals surface area contributed by atoms with Gasteiger partial charge >= 0.3 is 5.97 Å². The molecule has 4 bridgehead atoms. The summed E-state index contributed by atoms with van der Waals surface area (Å²) in [7, 11) is 0. The number of anilines is 1. The van der Waals surface area contributed by atoms with Crippen molar-refractivity contribution in [3.05, 3.63) is 24.3 Å². The molecule has 5 aliphatic rings. The monoisotopic (exact) mass is 480 g/mol. The normalized spacial score (nSPS) is 31.7. The van der Waals surface area contributed by atoms with Gasteiger partial charge in [-0.1, -0.05) is 6.92 Å². The first kappa shape index (κ1) is 24.0. The highest BCUT2D eigenvalue weighted by molar-refractivity contribution is 6.23. The van der Waals surface area contributed by atoms with E-state index in [-0.39, 0.29) is 29.6 Å². The van der Waals surface area contributed by atoms with Gasteiger partial charge in [-0.15, -0.1) is 0 Å². The number of amides is 3. The lowest BCUT2D eigenvalue weighted by Crippen LogP contribution is -2.62. The lowest BCUT2D eigenvalue weighted by molar-refractivity contribution is -0.168. The van der Waals surface area contributed by atoms with E-state index in [1.807, 2.05) is 20.8 Å². The van der Waals surface area contributed by atoms with Crippen molar-refractivity contribution in [1.29, 1.82) is 0 Å². The molecule has 5 fully saturated rings. The number of benzene rings is 1. The molecule has 0 aromatic heterocycles. The van der Waals surface area contributed by atoms with Crippen LogP contribution >= 0.6 is 0 Å². The molecule has 4 aliphatic carbocycles. The van der Waals surface area contributed by atoms with Crippen LogP contribution in [-0.4, -0.2) is 40.2 Å². The summed E-state index contributed by atoms with van der Waals surface area (Å²) in [6.45, 7) is 7.38. The molecule has 7 nitrogen and oxygen atoms in total. The third-order valence-corrected chi connectivity index (χ3v) is 9.02. The van der Waals surface area contributed by atoms with E-state index in [0.717, 1.165) is 19.3 Å². The smallest absolute Gasteiger partial charge is 0.308 e. The van der Waals surface area contributed by atoms with Crippen LogP contribution in [0, 0.1) is 23.2 Å². The molecule has 0 spiro atoms. The van der Waals surface area contributed by atoms with Crippen molar-refractivity contribution < 1.29 is 23.9 Å². The van der Waals surface area contributed by atoms with E-state index in [2.05, 4.69) is 0 Å². The summed E-state index contributed by atoms with van der Waals surface area (Å²) >= 11 is 0. The second-order valence-corrected chi connectivity index (χ2v) is 11.9. The molecule has 1 aromatic rings. The molecule has 1 aromatic carbocycles. The molecule has 35 heavy (non-hydrogen) atoms. The summed E-state index contributed by atoms with van der Waals surface area (Å²) in [6.07, 6.45) is 7.16. The Labute approximate surface area is 207 Å². The van der Waals surface area contributed by atoms with E-state index in [1.54, 1.807) is 29.2 Å². The van der Waals surface area contributed by atoms with Gasteiger partial charge in [0, 0.05) is 12.5 Å². The van der Waals surface area contributed by atoms with Crippen LogP contribution in [-0.2, 0) is 19.2 Å². The Kier molecular flexibility index (Phi) is 5.80. The van der Waals surface area contributed by atoms with Crippen molar-refractivity contribution in [2.75, 3.05) is 4.90 Å². The zero-order valence-corrected chi connectivity index (χ0v) is 21.2. The number of carbonyl (C=O) groups excluding carboxylic acids is 4. The first-order chi connectivity index (χ1) is 16.5. The van der Waals surface area contributed by atoms with Crippen LogP contribution in [0.5, 0.6) is 5.75 Å². The molecule has 1 heterocycles. The zero-order valence-electron chi connectivity index (χ0n) is 21.2. The second kappa shape index (κ2) is 8.45. The van der Waals surface area contributed by atoms with E-state index in [9.17, 15) is 19.2 Å². The Morgan fingerprint density at radius 3 is 2.06 bits per heavy atom. The number of ether oxygens (including phenoxy) is 1. The largest absolute Gasteiger partial charge is 0.427 e. The minimum Gasteiger partial charge on any atom is -0.427 e. The Bertz CT molecular complexity index is 1020. The predicted molar refractivity (Wildman–Crippen MR) is 130 cm³/mol. The van der Waals surface area contributed by atoms with Crippen molar-refractivity contribution >= 4 is 29.4 Å². The van der Waals surface area contributed by atoms with Gasteiger partial charge in [-0.05, 0) is 101 Å². The van der Waals surface area contributed by atoms with E-state index in [0.29, 0.717) is 35.6 Å². The van der Waals surface area contributed by atoms with Crippen LogP contribution in [0.2, 0.25) is 0 Å². The maximum atomic E-state index is 14.4. The average molecular weight is 481 g/mol. The Morgan fingerprint density at radius 1 is 1.03 bits per heavy atom. The minimum atomic E-state index is -0.800. The molecule has 6 rings (SSSR count). The van der Waals surface area contributed by atoms with Crippen molar-refractivity contribution in [2.24, 2.45) is 23.2 Å². The summed E-state index contributed by atoms with van der Waals surface area (Å²) in [4.78, 5) is 55.5. The van der Waals surface area contributed by atoms with E-state index in [1.165, 1.54) is 31.1 Å². The van der Waals surface area contributed by atoms with Gasteiger partial charge in [-0.25, -0.2) is 4.90 Å². The van der Waals surface area contributed by atoms with Crippen LogP contribution in [0.25, 0.3) is 0 Å². The highest BCUT2D eigenvalue weighted by Crippen LogP contribution is 2.61. The molecule has 7 heteroatoms. The van der Waals surface area contributed by atoms with Gasteiger partial charge in [0.2, 0.25) is 11.8 Å². The lowest BCUT2D eigenvalue weighted by Gasteiger charge is -2.58. The second-order valence-electron chi connectivity index (χ2n) is 11.9. The number of rotatable bonds is 6. The third-order valence-electron chi connectivity index (χ3n) is 9.02. The molecule has 3 amide bonds. The molecular weight excluding hydrogens is 444 g/mol. The number of nitrogens with zero attached hydrogens (tertiary/aromatic N) is 2. The molecule has 1 unspecified atom stereocenters. The fourth-order valence-corrected chi connectivity index (χ4v) is 7.55. The zero-order chi connectivity index (χ0) is 25.1. The van der Waals surface area contributed by atoms with Crippen molar-refractivity contribution in [3.63, 3.8) is 0 Å². The van der Waals surface area contributed by atoms with Gasteiger partial charge in [0.25, 0.3) is 5.91 Å². The molecule has 1 atom stereocenters. The summed E-state index contributed by atoms with van der Waals surface area (Å²) < 4.78 is 5.07. The SMILES string of the molecule is CCC(C)(C)N(C(=O)C12CC3CC(CC(C3)C1)C2)C1CC(=O)N(c2ccc(OC(C)=O)cc2)C1=O. The minimum absolute atomic E-state index is 0.00787. The summed E-state index contributed by atoms with van der Waals surface area (Å²) in [5.74, 6) is 1.18. The first-order valence-corrected chi connectivity index (χ1v) is 13.0. The van der Waals surface area contributed by atoms with Crippen LogP contribution in [0.4, 0.5) is 5.69 Å². The Hall–Kier alpha value is -2.70. The predicted octanol–water partition coefficient (Wildman–Crippen LogP) is 4.48. The number of esters is 1. The lowest BCUT2D eigenvalue weighted by atomic mass is 9.49. The van der Waals surface area contributed by atoms with Crippen molar-refractivity contribution in [3.8, 4) is 5.75 Å². The maximum Gasteiger partial charge on any atom is 0.308 e. The molecular formula is C28H36N2O5. The summed E-state index contributed by atoms with van der Waals surface area (Å²) in [5.41, 5.74) is -0.505. The molecule has 1 saturated heterocycles. The quantitative estimate of drug-likeness (QED) is 0.341. The fourth-order valence-electron chi connectivity index (χ4n) is 7.55. The van der Waals surface area contributed by atoms with Crippen LogP contribution in [0.3, 0.4) is 0 Å². The Balaban J connectivity index is 1.44. The van der Waals surface area contributed by atoms with Gasteiger partial charge in [0.15, 0.2) is 0 Å². The van der Waals surface area contributed by atoms with Gasteiger partial charge in [0.05, 0.1) is 17.5 Å². The van der Waals surface area contributed by atoms with Gasteiger partial charge in [0.1, 0.15) is 11.8 Å². The topological polar surface area (TPSA) is 84.0 Å². The van der Waals surface area contributed by atoms with Gasteiger partial charge < -0.3 is 9.64 Å². The number of imide groups is 1. The summed E-state index contributed by atoms with van der Waals surface area (Å²) in [5, 5.41) is 0. The molecule has 0 N–H and O–H groups in total. The molecule has 1 aliphatic heterocycles. The molecule has 4 saturated carbocycles. The van der Waals surface area contributed by atoms with E-state index >= 15 is 0 Å². The maximum absolute atomic E-state index is 14.4. The van der Waals surface area contributed by atoms with Crippen LogP contribution in [0.15, 0.2) is 24.3 Å². The summed E-state index contributed by atoms with van der Waals surface area (Å²) in [6, 6.07) is 5.54. The van der Waals surface area contributed by atoms with Crippen molar-refractivity contribution in [2.45, 2.75) is 90.6 Å². The van der Waals surface area contributed by atoms with Crippen molar-refractivity contribution in [1.82, 2.24) is 4.90 Å². The first-order valence-electron chi connectivity index (χ1n) is 13.0. The average Bonchev–Trinajstić information content (AvgIpc) is 3.06. The van der Waals surface area contributed by atoms with Crippen LogP contribution < -0.4 is 9.64 Å². The molecule has 0 radical (unpaired) electrons. The highest BCUT2D eigenvalue weighted by Gasteiger charge is 2.59. The van der Waals surface area contributed by atoms with Gasteiger partial charge in [-0.3, -0.25) is 19.2 Å². The highest BCUT2D eigenvalue weighted by atomic mass is 16.5.